The van der Waals surface area contributed by atoms with Crippen LogP contribution in [0.3, 0.4) is 0 Å². The van der Waals surface area contributed by atoms with E-state index in [4.69, 9.17) is 0 Å². The first-order valence-corrected chi connectivity index (χ1v) is 4.93. The minimum atomic E-state index is 0.177. The molecule has 0 aromatic carbocycles. The molecule has 0 aliphatic heterocycles. The molecule has 0 saturated carbocycles. The molecule has 0 heterocycles. The van der Waals surface area contributed by atoms with Crippen molar-refractivity contribution in [1.29, 1.82) is 0 Å². The second-order valence-corrected chi connectivity index (χ2v) is 2.95. The van der Waals surface area contributed by atoms with Crippen LogP contribution in [0.4, 0.5) is 0 Å². The van der Waals surface area contributed by atoms with Crippen LogP contribution in [0.5, 0.6) is 0 Å². The predicted octanol–water partition coefficient (Wildman–Crippen LogP) is 2.58. The van der Waals surface area contributed by atoms with Gasteiger partial charge in [-0.15, -0.1) is 0 Å². The summed E-state index contributed by atoms with van der Waals surface area (Å²) in [7, 11) is 0. The first-order valence-electron chi connectivity index (χ1n) is 4.93. The van der Waals surface area contributed by atoms with Crippen LogP contribution in [-0.4, -0.2) is 12.5 Å². The van der Waals surface area contributed by atoms with E-state index in [0.717, 1.165) is 13.0 Å². The Balaban J connectivity index is 0. The lowest BCUT2D eigenvalue weighted by Gasteiger charge is -2.05. The molecule has 2 heteroatoms. The zero-order valence-corrected chi connectivity index (χ0v) is 9.11. The molecule has 1 N–H and O–H groups in total. The molecule has 12 heavy (non-hydrogen) atoms. The highest BCUT2D eigenvalue weighted by molar-refractivity contribution is 5.75. The minimum Gasteiger partial charge on any atom is -0.356 e. The molecule has 0 saturated heterocycles. The van der Waals surface area contributed by atoms with E-state index < -0.39 is 0 Å². The normalized spacial score (nSPS) is 8.83. The smallest absolute Gasteiger partial charge is 0.219 e. The van der Waals surface area contributed by atoms with Crippen molar-refractivity contribution in [1.82, 2.24) is 5.32 Å². The number of hydrogen-bond acceptors (Lipinski definition) is 1. The summed E-state index contributed by atoms with van der Waals surface area (Å²) in [4.78, 5) is 10.8. The molecular formula is C10H23NO. The Labute approximate surface area is 76.7 Å². The molecule has 0 bridgehead atoms. The van der Waals surface area contributed by atoms with Crippen molar-refractivity contribution >= 4 is 5.91 Å². The van der Waals surface area contributed by atoms with E-state index in [-0.39, 0.29) is 5.91 Å². The number of carbonyl (C=O) groups is 1. The maximum Gasteiger partial charge on any atom is 0.219 e. The lowest BCUT2D eigenvalue weighted by Crippen LogP contribution is -2.26. The van der Waals surface area contributed by atoms with Gasteiger partial charge in [-0.3, -0.25) is 4.79 Å². The number of nitrogens with one attached hydrogen (secondary N) is 1. The Morgan fingerprint density at radius 1 is 1.33 bits per heavy atom. The first kappa shape index (κ1) is 14.0. The molecule has 0 atom stereocenters. The molecule has 0 aromatic rings. The Kier molecular flexibility index (Phi) is 12.2. The van der Waals surface area contributed by atoms with Gasteiger partial charge in [0.15, 0.2) is 0 Å². The summed E-state index contributed by atoms with van der Waals surface area (Å²) < 4.78 is 0. The van der Waals surface area contributed by atoms with Gasteiger partial charge in [0.25, 0.3) is 0 Å². The maximum atomic E-state index is 10.8. The van der Waals surface area contributed by atoms with E-state index in [2.05, 4.69) is 19.2 Å². The molecule has 0 radical (unpaired) electrons. The van der Waals surface area contributed by atoms with Gasteiger partial charge in [0, 0.05) is 13.0 Å². The third kappa shape index (κ3) is 12.2. The second kappa shape index (κ2) is 10.5. The number of amides is 1. The molecule has 0 aliphatic carbocycles. The van der Waals surface area contributed by atoms with Crippen LogP contribution in [0.2, 0.25) is 0 Å². The van der Waals surface area contributed by atoms with Gasteiger partial charge >= 0.3 is 0 Å². The fourth-order valence-corrected chi connectivity index (χ4v) is 0.633. The van der Waals surface area contributed by atoms with Crippen molar-refractivity contribution in [2.45, 2.75) is 47.5 Å². The molecule has 1 amide bonds. The van der Waals surface area contributed by atoms with Crippen LogP contribution < -0.4 is 5.32 Å². The van der Waals surface area contributed by atoms with Gasteiger partial charge in [-0.25, -0.2) is 0 Å². The van der Waals surface area contributed by atoms with Crippen LogP contribution in [0, 0.1) is 5.92 Å². The lowest BCUT2D eigenvalue weighted by atomic mass is 10.2. The molecule has 0 rings (SSSR count). The van der Waals surface area contributed by atoms with Crippen LogP contribution in [0.1, 0.15) is 47.5 Å². The Morgan fingerprint density at radius 3 is 2.17 bits per heavy atom. The average Bonchev–Trinajstić information content (AvgIpc) is 2.05. The summed E-state index contributed by atoms with van der Waals surface area (Å²) in [6.07, 6.45) is 1.59. The summed E-state index contributed by atoms with van der Waals surface area (Å²) in [5.41, 5.74) is 0. The Hall–Kier alpha value is -0.530. The minimum absolute atomic E-state index is 0.177. The van der Waals surface area contributed by atoms with Crippen molar-refractivity contribution in [3.63, 3.8) is 0 Å². The van der Waals surface area contributed by atoms with Crippen LogP contribution in [0.15, 0.2) is 0 Å². The van der Waals surface area contributed by atoms with Crippen molar-refractivity contribution in [3.05, 3.63) is 0 Å². The Morgan fingerprint density at radius 2 is 1.83 bits per heavy atom. The van der Waals surface area contributed by atoms with Crippen molar-refractivity contribution in [2.75, 3.05) is 6.54 Å². The lowest BCUT2D eigenvalue weighted by molar-refractivity contribution is -0.121. The van der Waals surface area contributed by atoms with Gasteiger partial charge in [-0.05, 0) is 12.3 Å². The van der Waals surface area contributed by atoms with Crippen molar-refractivity contribution in [3.8, 4) is 0 Å². The third-order valence-corrected chi connectivity index (χ3v) is 1.18. The van der Waals surface area contributed by atoms with Crippen LogP contribution >= 0.6 is 0 Å². The average molecular weight is 173 g/mol. The molecular weight excluding hydrogens is 150 g/mol. The molecule has 74 valence electrons. The predicted molar refractivity (Wildman–Crippen MR) is 54.1 cm³/mol. The quantitative estimate of drug-likeness (QED) is 0.695. The summed E-state index contributed by atoms with van der Waals surface area (Å²) >= 11 is 0. The second-order valence-electron chi connectivity index (χ2n) is 2.95. The number of rotatable bonds is 4. The van der Waals surface area contributed by atoms with E-state index in [1.165, 1.54) is 0 Å². The van der Waals surface area contributed by atoms with Gasteiger partial charge in [0.05, 0.1) is 0 Å². The molecule has 0 spiro atoms. The van der Waals surface area contributed by atoms with Gasteiger partial charge in [0.2, 0.25) is 5.91 Å². The fraction of sp³-hybridized carbons (Fsp3) is 0.900. The van der Waals surface area contributed by atoms with E-state index in [1.807, 2.05) is 20.8 Å². The number of hydrogen-bond donors (Lipinski definition) is 1. The summed E-state index contributed by atoms with van der Waals surface area (Å²) in [6, 6.07) is 0. The van der Waals surface area contributed by atoms with Crippen molar-refractivity contribution < 1.29 is 4.79 Å². The van der Waals surface area contributed by atoms with Gasteiger partial charge in [-0.1, -0.05) is 34.6 Å². The zero-order chi connectivity index (χ0) is 9.98. The van der Waals surface area contributed by atoms with E-state index >= 15 is 0 Å². The van der Waals surface area contributed by atoms with Crippen molar-refractivity contribution in [2.24, 2.45) is 5.92 Å². The third-order valence-electron chi connectivity index (χ3n) is 1.18. The SMILES string of the molecule is CC.CCCC(=O)NCC(C)C. The number of carbonyl (C=O) groups excluding carboxylic acids is 1. The van der Waals surface area contributed by atoms with Crippen LogP contribution in [-0.2, 0) is 4.79 Å². The largest absolute Gasteiger partial charge is 0.356 e. The topological polar surface area (TPSA) is 29.1 Å². The maximum absolute atomic E-state index is 10.8. The van der Waals surface area contributed by atoms with E-state index in [1.54, 1.807) is 0 Å². The fourth-order valence-electron chi connectivity index (χ4n) is 0.633. The first-order chi connectivity index (χ1) is 5.66. The zero-order valence-electron chi connectivity index (χ0n) is 9.11. The van der Waals surface area contributed by atoms with Gasteiger partial charge < -0.3 is 5.32 Å². The van der Waals surface area contributed by atoms with E-state index in [9.17, 15) is 4.79 Å². The molecule has 0 fully saturated rings. The molecule has 0 unspecified atom stereocenters. The highest BCUT2D eigenvalue weighted by Gasteiger charge is 1.98. The standard InChI is InChI=1S/C8H17NO.C2H6/c1-4-5-8(10)9-6-7(2)3;1-2/h7H,4-6H2,1-3H3,(H,9,10);1-2H3. The highest BCUT2D eigenvalue weighted by Crippen LogP contribution is 1.89. The Bertz CT molecular complexity index is 100. The van der Waals surface area contributed by atoms with Crippen LogP contribution in [0.25, 0.3) is 0 Å². The van der Waals surface area contributed by atoms with Gasteiger partial charge in [0.1, 0.15) is 0 Å². The molecule has 0 aliphatic rings. The summed E-state index contributed by atoms with van der Waals surface area (Å²) in [5, 5.41) is 2.84. The van der Waals surface area contributed by atoms with Gasteiger partial charge in [-0.2, -0.15) is 0 Å². The monoisotopic (exact) mass is 173 g/mol. The molecule has 0 aromatic heterocycles. The molecule has 2 nitrogen and oxygen atoms in total. The summed E-state index contributed by atoms with van der Waals surface area (Å²) in [6.45, 7) is 11.0. The van der Waals surface area contributed by atoms with E-state index in [0.29, 0.717) is 12.3 Å². The highest BCUT2D eigenvalue weighted by atomic mass is 16.1. The summed E-state index contributed by atoms with van der Waals surface area (Å²) in [5.74, 6) is 0.733.